The molecular weight excluding hydrogens is 351 g/mol. The van der Waals surface area contributed by atoms with E-state index < -0.39 is 0 Å². The van der Waals surface area contributed by atoms with E-state index in [-0.39, 0.29) is 0 Å². The third-order valence-corrected chi connectivity index (χ3v) is 5.19. The Morgan fingerprint density at radius 2 is 1.83 bits per heavy atom. The van der Waals surface area contributed by atoms with Gasteiger partial charge in [-0.3, -0.25) is 0 Å². The number of benzene rings is 2. The van der Waals surface area contributed by atoms with Crippen molar-refractivity contribution in [2.24, 2.45) is 0 Å². The van der Waals surface area contributed by atoms with Gasteiger partial charge in [-0.1, -0.05) is 23.2 Å². The second kappa shape index (κ2) is 5.60. The maximum Gasteiger partial charge on any atom is 0.143 e. The lowest BCUT2D eigenvalue weighted by atomic mass is 10.2. The van der Waals surface area contributed by atoms with Crippen molar-refractivity contribution in [3.05, 3.63) is 51.7 Å². The molecule has 2 aromatic carbocycles. The van der Waals surface area contributed by atoms with E-state index in [9.17, 15) is 0 Å². The second-order valence-electron chi connectivity index (χ2n) is 5.02. The molecule has 0 radical (unpaired) electrons. The smallest absolute Gasteiger partial charge is 0.143 e. The molecule has 23 heavy (non-hydrogen) atoms. The van der Waals surface area contributed by atoms with E-state index >= 15 is 0 Å². The normalized spacial score (nSPS) is 11.3. The number of halogens is 2. The molecule has 0 saturated carbocycles. The molecule has 0 aliphatic heterocycles. The molecule has 114 valence electrons. The summed E-state index contributed by atoms with van der Waals surface area (Å²) in [5.74, 6) is 0.725. The zero-order valence-electron chi connectivity index (χ0n) is 12.0. The van der Waals surface area contributed by atoms with Gasteiger partial charge in [-0.15, -0.1) is 11.3 Å². The summed E-state index contributed by atoms with van der Waals surface area (Å²) in [6.45, 7) is 1.99. The Hall–Kier alpha value is -1.95. The van der Waals surface area contributed by atoms with E-state index in [0.29, 0.717) is 10.0 Å². The van der Waals surface area contributed by atoms with Crippen molar-refractivity contribution >= 4 is 67.2 Å². The third-order valence-electron chi connectivity index (χ3n) is 3.45. The summed E-state index contributed by atoms with van der Waals surface area (Å²) in [5.41, 5.74) is 2.64. The highest BCUT2D eigenvalue weighted by atomic mass is 35.5. The molecule has 0 spiro atoms. The van der Waals surface area contributed by atoms with Crippen molar-refractivity contribution in [2.45, 2.75) is 6.92 Å². The summed E-state index contributed by atoms with van der Waals surface area (Å²) in [6, 6.07) is 9.33. The predicted octanol–water partition coefficient (Wildman–Crippen LogP) is 5.60. The van der Waals surface area contributed by atoms with Crippen LogP contribution in [-0.2, 0) is 0 Å². The molecule has 0 amide bonds. The Morgan fingerprint density at radius 1 is 1.00 bits per heavy atom. The van der Waals surface area contributed by atoms with Crippen molar-refractivity contribution in [2.75, 3.05) is 5.32 Å². The highest BCUT2D eigenvalue weighted by molar-refractivity contribution is 7.19. The van der Waals surface area contributed by atoms with Gasteiger partial charge < -0.3 is 5.32 Å². The van der Waals surface area contributed by atoms with Gasteiger partial charge in [-0.2, -0.15) is 0 Å². The number of fused-ring (bicyclic) bond motifs is 3. The molecule has 0 bridgehead atoms. The number of rotatable bonds is 2. The van der Waals surface area contributed by atoms with Crippen LogP contribution >= 0.6 is 34.5 Å². The maximum absolute atomic E-state index is 6.08. The number of thiazole rings is 1. The number of hydrogen-bond acceptors (Lipinski definition) is 5. The molecular formula is C16H10Cl2N4S. The van der Waals surface area contributed by atoms with Crippen LogP contribution in [0.25, 0.3) is 21.1 Å². The van der Waals surface area contributed by atoms with Crippen LogP contribution in [0.15, 0.2) is 36.7 Å². The van der Waals surface area contributed by atoms with Gasteiger partial charge in [0.05, 0.1) is 36.2 Å². The fourth-order valence-electron chi connectivity index (χ4n) is 2.45. The molecule has 4 rings (SSSR count). The summed E-state index contributed by atoms with van der Waals surface area (Å²) in [4.78, 5) is 13.3. The monoisotopic (exact) mass is 360 g/mol. The van der Waals surface area contributed by atoms with Crippen molar-refractivity contribution in [1.82, 2.24) is 15.0 Å². The molecule has 2 aromatic heterocycles. The SMILES string of the molecule is Cc1nc2ccc3ncnc(Nc4ccc(Cl)c(Cl)c4)c3c2s1. The van der Waals surface area contributed by atoms with Crippen LogP contribution in [0.4, 0.5) is 11.5 Å². The van der Waals surface area contributed by atoms with Gasteiger partial charge in [0.1, 0.15) is 12.1 Å². The van der Waals surface area contributed by atoms with Crippen LogP contribution in [0.3, 0.4) is 0 Å². The first-order chi connectivity index (χ1) is 11.1. The van der Waals surface area contributed by atoms with Crippen LogP contribution in [0, 0.1) is 6.92 Å². The predicted molar refractivity (Wildman–Crippen MR) is 97.2 cm³/mol. The number of aryl methyl sites for hydroxylation is 1. The molecule has 0 aliphatic carbocycles. The average molecular weight is 361 g/mol. The molecule has 0 saturated heterocycles. The summed E-state index contributed by atoms with van der Waals surface area (Å²) in [5, 5.41) is 6.28. The maximum atomic E-state index is 6.08. The molecule has 0 fully saturated rings. The largest absolute Gasteiger partial charge is 0.340 e. The number of nitrogens with zero attached hydrogens (tertiary/aromatic N) is 3. The van der Waals surface area contributed by atoms with E-state index in [2.05, 4.69) is 20.3 Å². The van der Waals surface area contributed by atoms with Crippen molar-refractivity contribution in [1.29, 1.82) is 0 Å². The lowest BCUT2D eigenvalue weighted by Gasteiger charge is -2.09. The van der Waals surface area contributed by atoms with E-state index in [1.807, 2.05) is 25.1 Å². The van der Waals surface area contributed by atoms with Gasteiger partial charge in [0.2, 0.25) is 0 Å². The minimum absolute atomic E-state index is 0.494. The molecule has 0 atom stereocenters. The van der Waals surface area contributed by atoms with E-state index in [1.165, 1.54) is 0 Å². The zero-order chi connectivity index (χ0) is 16.0. The van der Waals surface area contributed by atoms with Crippen molar-refractivity contribution in [3.8, 4) is 0 Å². The van der Waals surface area contributed by atoms with Crippen molar-refractivity contribution < 1.29 is 0 Å². The van der Waals surface area contributed by atoms with Gasteiger partial charge in [0.15, 0.2) is 0 Å². The minimum atomic E-state index is 0.494. The quantitative estimate of drug-likeness (QED) is 0.505. The summed E-state index contributed by atoms with van der Waals surface area (Å²) >= 11 is 13.7. The average Bonchev–Trinajstić information content (AvgIpc) is 2.91. The Labute approximate surface area is 146 Å². The standard InChI is InChI=1S/C16H10Cl2N4S/c1-8-21-13-5-4-12-14(15(13)23-8)16(20-7-19-12)22-9-2-3-10(17)11(18)6-9/h2-7H,1H3,(H,19,20,22). The molecule has 1 N–H and O–H groups in total. The van der Waals surface area contributed by atoms with Crippen LogP contribution in [0.5, 0.6) is 0 Å². The van der Waals surface area contributed by atoms with Gasteiger partial charge >= 0.3 is 0 Å². The highest BCUT2D eigenvalue weighted by Crippen LogP contribution is 2.34. The fourth-order valence-corrected chi connectivity index (χ4v) is 3.71. The Bertz CT molecular complexity index is 1050. The second-order valence-corrected chi connectivity index (χ2v) is 7.03. The Morgan fingerprint density at radius 3 is 2.65 bits per heavy atom. The third kappa shape index (κ3) is 2.61. The molecule has 7 heteroatoms. The lowest BCUT2D eigenvalue weighted by molar-refractivity contribution is 1.22. The summed E-state index contributed by atoms with van der Waals surface area (Å²) in [6.07, 6.45) is 1.54. The molecule has 4 aromatic rings. The molecule has 0 unspecified atom stereocenters. The molecule has 4 nitrogen and oxygen atoms in total. The van der Waals surface area contributed by atoms with E-state index in [0.717, 1.165) is 37.6 Å². The number of aromatic nitrogens is 3. The van der Waals surface area contributed by atoms with Gasteiger partial charge in [-0.25, -0.2) is 15.0 Å². The Balaban J connectivity index is 1.91. The molecule has 0 aliphatic rings. The fraction of sp³-hybridized carbons (Fsp3) is 0.0625. The minimum Gasteiger partial charge on any atom is -0.340 e. The first kappa shape index (κ1) is 14.6. The van der Waals surface area contributed by atoms with Gasteiger partial charge in [0, 0.05) is 5.69 Å². The first-order valence-electron chi connectivity index (χ1n) is 6.85. The van der Waals surface area contributed by atoms with Crippen LogP contribution < -0.4 is 5.32 Å². The van der Waals surface area contributed by atoms with Crippen LogP contribution in [0.1, 0.15) is 5.01 Å². The summed E-state index contributed by atoms with van der Waals surface area (Å²) < 4.78 is 1.07. The topological polar surface area (TPSA) is 50.7 Å². The van der Waals surface area contributed by atoms with Gasteiger partial charge in [-0.05, 0) is 37.3 Å². The summed E-state index contributed by atoms with van der Waals surface area (Å²) in [7, 11) is 0. The zero-order valence-corrected chi connectivity index (χ0v) is 14.3. The van der Waals surface area contributed by atoms with Crippen LogP contribution in [-0.4, -0.2) is 15.0 Å². The Kier molecular flexibility index (Phi) is 3.56. The number of anilines is 2. The number of hydrogen-bond donors (Lipinski definition) is 1. The lowest BCUT2D eigenvalue weighted by Crippen LogP contribution is -1.96. The van der Waals surface area contributed by atoms with Crippen molar-refractivity contribution in [3.63, 3.8) is 0 Å². The first-order valence-corrected chi connectivity index (χ1v) is 8.42. The molecule has 2 heterocycles. The van der Waals surface area contributed by atoms with E-state index in [4.69, 9.17) is 23.2 Å². The highest BCUT2D eigenvalue weighted by Gasteiger charge is 2.12. The van der Waals surface area contributed by atoms with Crippen LogP contribution in [0.2, 0.25) is 10.0 Å². The van der Waals surface area contributed by atoms with Gasteiger partial charge in [0.25, 0.3) is 0 Å². The van der Waals surface area contributed by atoms with E-state index in [1.54, 1.807) is 29.8 Å². The number of nitrogens with one attached hydrogen (secondary N) is 1.